The van der Waals surface area contributed by atoms with Crippen LogP contribution in [0.3, 0.4) is 0 Å². The van der Waals surface area contributed by atoms with Crippen molar-refractivity contribution in [1.29, 1.82) is 0 Å². The SMILES string of the molecule is Cc1ccc(C(=O)OCOC(=O)N(CC(=O)Nc2cc(N(C)C)c3c(c2O)C(O)=C2C(=O)[C@]4(O)C(O)=C(C(N)=O)C(=O)[C@@H](N(C)C)[C@@H]4C[C@@H]2C3)C(C)(C)C)cc1. The van der Waals surface area contributed by atoms with E-state index >= 15 is 0 Å². The number of ether oxygens (including phenoxy) is 2. The Morgan fingerprint density at radius 2 is 1.62 bits per heavy atom. The van der Waals surface area contributed by atoms with E-state index in [1.807, 2.05) is 6.92 Å². The maximum atomic E-state index is 14.3. The lowest BCUT2D eigenvalue weighted by Gasteiger charge is -2.50. The van der Waals surface area contributed by atoms with Crippen LogP contribution in [-0.4, -0.2) is 124 Å². The number of phenols is 1. The first kappa shape index (κ1) is 41.2. The summed E-state index contributed by atoms with van der Waals surface area (Å²) in [6.45, 7) is 5.46. The number of Topliss-reactive ketones (excluding diaryl/α,β-unsaturated/α-hetero) is 2. The smallest absolute Gasteiger partial charge is 0.413 e. The van der Waals surface area contributed by atoms with Gasteiger partial charge in [0.2, 0.25) is 18.5 Å². The summed E-state index contributed by atoms with van der Waals surface area (Å²) in [7, 11) is 6.38. The number of nitrogens with zero attached hydrogens (tertiary/aromatic N) is 3. The molecule has 3 amide bonds. The van der Waals surface area contributed by atoms with Crippen molar-refractivity contribution < 1.29 is 58.7 Å². The van der Waals surface area contributed by atoms with Crippen LogP contribution in [0.15, 0.2) is 47.2 Å². The number of aliphatic hydroxyl groups is 3. The van der Waals surface area contributed by atoms with Crippen molar-refractivity contribution >= 4 is 52.6 Å². The lowest BCUT2D eigenvalue weighted by atomic mass is 9.57. The van der Waals surface area contributed by atoms with Crippen molar-refractivity contribution in [3.8, 4) is 5.75 Å². The molecule has 4 atom stereocenters. The number of primary amides is 1. The highest BCUT2D eigenvalue weighted by atomic mass is 16.7. The number of benzene rings is 2. The summed E-state index contributed by atoms with van der Waals surface area (Å²) in [5.74, 6) is -9.53. The molecular formula is C39H47N5O12. The molecule has 17 nitrogen and oxygen atoms in total. The summed E-state index contributed by atoms with van der Waals surface area (Å²) < 4.78 is 10.2. The molecule has 7 N–H and O–H groups in total. The van der Waals surface area contributed by atoms with Crippen molar-refractivity contribution in [2.24, 2.45) is 17.6 Å². The zero-order chi connectivity index (χ0) is 41.8. The van der Waals surface area contributed by atoms with E-state index in [4.69, 9.17) is 15.2 Å². The highest BCUT2D eigenvalue weighted by Gasteiger charge is 2.64. The number of ketones is 2. The summed E-state index contributed by atoms with van der Waals surface area (Å²) in [5.41, 5.74) is 1.89. The lowest BCUT2D eigenvalue weighted by molar-refractivity contribution is -0.153. The third kappa shape index (κ3) is 7.14. The predicted octanol–water partition coefficient (Wildman–Crippen LogP) is 2.33. The normalized spacial score (nSPS) is 21.9. The van der Waals surface area contributed by atoms with Crippen molar-refractivity contribution in [3.05, 3.63) is 69.5 Å². The van der Waals surface area contributed by atoms with E-state index in [9.17, 15) is 49.2 Å². The van der Waals surface area contributed by atoms with Crippen LogP contribution in [0.25, 0.3) is 5.76 Å². The fourth-order valence-electron chi connectivity index (χ4n) is 7.68. The fourth-order valence-corrected chi connectivity index (χ4v) is 7.68. The van der Waals surface area contributed by atoms with E-state index in [-0.39, 0.29) is 35.2 Å². The number of fused-ring (bicyclic) bond motifs is 3. The molecule has 56 heavy (non-hydrogen) atoms. The Bertz CT molecular complexity index is 2080. The zero-order valence-corrected chi connectivity index (χ0v) is 32.4. The number of hydrogen-bond acceptors (Lipinski definition) is 14. The van der Waals surface area contributed by atoms with Gasteiger partial charge in [-0.05, 0) is 84.3 Å². The van der Waals surface area contributed by atoms with Gasteiger partial charge in [0, 0.05) is 36.8 Å². The van der Waals surface area contributed by atoms with Crippen molar-refractivity contribution in [2.45, 2.75) is 57.7 Å². The Balaban J connectivity index is 1.45. The second kappa shape index (κ2) is 15.0. The maximum Gasteiger partial charge on any atom is 0.413 e. The van der Waals surface area contributed by atoms with Gasteiger partial charge in [0.1, 0.15) is 29.4 Å². The van der Waals surface area contributed by atoms with E-state index < -0.39 is 101 Å². The van der Waals surface area contributed by atoms with Gasteiger partial charge >= 0.3 is 12.1 Å². The third-order valence-corrected chi connectivity index (χ3v) is 10.4. The minimum Gasteiger partial charge on any atom is -0.508 e. The molecular weight excluding hydrogens is 730 g/mol. The highest BCUT2D eigenvalue weighted by molar-refractivity contribution is 6.24. The number of rotatable bonds is 9. The third-order valence-electron chi connectivity index (χ3n) is 10.4. The number of likely N-dealkylation sites (N-methyl/N-ethyl adjacent to an activating group) is 1. The molecule has 2 aromatic carbocycles. The number of aryl methyl sites for hydroxylation is 1. The second-order valence-electron chi connectivity index (χ2n) is 15.6. The van der Waals surface area contributed by atoms with Gasteiger partial charge in [-0.2, -0.15) is 0 Å². The van der Waals surface area contributed by atoms with Crippen LogP contribution < -0.4 is 16.0 Å². The largest absolute Gasteiger partial charge is 0.508 e. The number of aliphatic hydroxyl groups excluding tert-OH is 2. The summed E-state index contributed by atoms with van der Waals surface area (Å²) in [6, 6.07) is 6.79. The lowest BCUT2D eigenvalue weighted by Crippen LogP contribution is -2.65. The Morgan fingerprint density at radius 3 is 2.18 bits per heavy atom. The number of nitrogens with two attached hydrogens (primary N) is 1. The Labute approximate surface area is 322 Å². The number of carbonyl (C=O) groups is 6. The van der Waals surface area contributed by atoms with Crippen LogP contribution in [0, 0.1) is 18.8 Å². The van der Waals surface area contributed by atoms with Gasteiger partial charge in [0.05, 0.1) is 22.9 Å². The van der Waals surface area contributed by atoms with E-state index in [1.165, 1.54) is 25.1 Å². The molecule has 0 unspecified atom stereocenters. The topological polar surface area (TPSA) is 250 Å². The number of nitrogens with one attached hydrogen (secondary N) is 1. The minimum atomic E-state index is -2.82. The molecule has 0 radical (unpaired) electrons. The van der Waals surface area contributed by atoms with Crippen molar-refractivity contribution in [2.75, 3.05) is 51.7 Å². The van der Waals surface area contributed by atoms with Crippen molar-refractivity contribution in [1.82, 2.24) is 9.80 Å². The number of hydrogen-bond donors (Lipinski definition) is 6. The van der Waals surface area contributed by atoms with Gasteiger partial charge < -0.3 is 45.9 Å². The summed E-state index contributed by atoms with van der Waals surface area (Å²) in [5, 5.41) is 49.0. The molecule has 0 bridgehead atoms. The quantitative estimate of drug-likeness (QED) is 0.0926. The predicted molar refractivity (Wildman–Crippen MR) is 202 cm³/mol. The number of carbonyl (C=O) groups excluding carboxylic acids is 6. The maximum absolute atomic E-state index is 14.3. The summed E-state index contributed by atoms with van der Waals surface area (Å²) in [4.78, 5) is 83.2. The number of esters is 1. The molecule has 0 saturated heterocycles. The van der Waals surface area contributed by atoms with Crippen LogP contribution in [0.5, 0.6) is 5.75 Å². The van der Waals surface area contributed by atoms with Crippen molar-refractivity contribution in [3.63, 3.8) is 0 Å². The molecule has 0 aliphatic heterocycles. The van der Waals surface area contributed by atoms with Crippen LogP contribution >= 0.6 is 0 Å². The van der Waals surface area contributed by atoms with Crippen LogP contribution in [0.1, 0.15) is 54.2 Å². The van der Waals surface area contributed by atoms with Crippen LogP contribution in [0.2, 0.25) is 0 Å². The van der Waals surface area contributed by atoms with Gasteiger partial charge in [-0.25, -0.2) is 9.59 Å². The molecule has 0 spiro atoms. The van der Waals surface area contributed by atoms with Crippen LogP contribution in [-0.2, 0) is 35.1 Å². The number of aromatic hydroxyl groups is 1. The molecule has 3 aliphatic rings. The van der Waals surface area contributed by atoms with Gasteiger partial charge in [0.25, 0.3) is 5.91 Å². The van der Waals surface area contributed by atoms with E-state index in [1.54, 1.807) is 64.0 Å². The van der Waals surface area contributed by atoms with E-state index in [2.05, 4.69) is 5.32 Å². The first-order chi connectivity index (χ1) is 26.0. The number of phenolic OH excluding ortho intramolecular Hbond substituents is 1. The van der Waals surface area contributed by atoms with E-state index in [0.29, 0.717) is 11.3 Å². The molecule has 1 fully saturated rings. The monoisotopic (exact) mass is 777 g/mol. The van der Waals surface area contributed by atoms with Gasteiger partial charge in [-0.1, -0.05) is 17.7 Å². The minimum absolute atomic E-state index is 0.0297. The molecule has 0 aromatic heterocycles. The standard InChI is InChI=1S/C39H47N5O12/c1-18-9-11-19(12-10-18)36(52)55-17-56-37(53)44(38(2,3)4)16-25(45)41-23-15-24(42(5)6)21-13-20-14-22-29(43(7)8)32(48)28(35(40)51)34(50)39(22,54)33(49)26(20)31(47)27(21)30(23)46/h9-12,15,20,22,29,46-47,50,54H,13-14,16-17H2,1-8H3,(H2,40,51)(H,41,45)/t20-,22-,29-,39-/m0/s1. The van der Waals surface area contributed by atoms with Crippen LogP contribution in [0.4, 0.5) is 16.2 Å². The Hall–Kier alpha value is -5.94. The molecule has 300 valence electrons. The first-order valence-electron chi connectivity index (χ1n) is 17.7. The number of anilines is 2. The number of amides is 3. The van der Waals surface area contributed by atoms with E-state index in [0.717, 1.165) is 10.5 Å². The van der Waals surface area contributed by atoms with Gasteiger partial charge in [-0.3, -0.25) is 29.0 Å². The molecule has 0 heterocycles. The first-order valence-corrected chi connectivity index (χ1v) is 17.7. The molecule has 2 aromatic rings. The Kier molecular flexibility index (Phi) is 11.0. The molecule has 17 heteroatoms. The van der Waals surface area contributed by atoms with Gasteiger partial charge in [0.15, 0.2) is 11.4 Å². The second-order valence-corrected chi connectivity index (χ2v) is 15.6. The fraction of sp³-hybridized carbons (Fsp3) is 0.436. The summed E-state index contributed by atoms with van der Waals surface area (Å²) in [6.07, 6.45) is -1.05. The Morgan fingerprint density at radius 1 is 1.00 bits per heavy atom. The average molecular weight is 778 g/mol. The molecule has 1 saturated carbocycles. The molecule has 3 aliphatic carbocycles. The highest BCUT2D eigenvalue weighted by Crippen LogP contribution is 2.54. The summed E-state index contributed by atoms with van der Waals surface area (Å²) >= 11 is 0. The average Bonchev–Trinajstić information content (AvgIpc) is 3.09. The zero-order valence-electron chi connectivity index (χ0n) is 32.4. The van der Waals surface area contributed by atoms with Gasteiger partial charge in [-0.15, -0.1) is 0 Å². The molecule has 5 rings (SSSR count).